The van der Waals surface area contributed by atoms with Gasteiger partial charge in [0, 0.05) is 18.0 Å². The number of carbonyl (C=O) groups excluding carboxylic acids is 1. The van der Waals surface area contributed by atoms with Crippen molar-refractivity contribution in [1.82, 2.24) is 10.3 Å². The van der Waals surface area contributed by atoms with Gasteiger partial charge in [0.1, 0.15) is 5.54 Å². The molecule has 0 aliphatic rings. The maximum Gasteiger partial charge on any atom is 0.330 e. The third kappa shape index (κ3) is 2.58. The second-order valence-electron chi connectivity index (χ2n) is 3.62. The van der Waals surface area contributed by atoms with Crippen LogP contribution in [0.25, 0.3) is 0 Å². The molecule has 0 amide bonds. The van der Waals surface area contributed by atoms with Gasteiger partial charge in [-0.2, -0.15) is 0 Å². The summed E-state index contributed by atoms with van der Waals surface area (Å²) < 4.78 is 5.08. The SMILES string of the molecule is CCNC(C)(C(=O)OCC)c1cccnc1. The third-order valence-corrected chi connectivity index (χ3v) is 2.45. The third-order valence-electron chi connectivity index (χ3n) is 2.45. The van der Waals surface area contributed by atoms with Gasteiger partial charge in [-0.15, -0.1) is 0 Å². The first-order chi connectivity index (χ1) is 7.65. The maximum atomic E-state index is 11.9. The average Bonchev–Trinajstić information content (AvgIpc) is 2.30. The molecule has 0 aliphatic carbocycles. The van der Waals surface area contributed by atoms with E-state index in [2.05, 4.69) is 10.3 Å². The van der Waals surface area contributed by atoms with Crippen LogP contribution >= 0.6 is 0 Å². The van der Waals surface area contributed by atoms with Crippen molar-refractivity contribution < 1.29 is 9.53 Å². The first kappa shape index (κ1) is 12.6. The zero-order valence-electron chi connectivity index (χ0n) is 9.99. The molecule has 0 fully saturated rings. The number of ether oxygens (including phenoxy) is 1. The summed E-state index contributed by atoms with van der Waals surface area (Å²) >= 11 is 0. The Morgan fingerprint density at radius 2 is 2.31 bits per heavy atom. The lowest BCUT2D eigenvalue weighted by Gasteiger charge is -2.28. The number of rotatable bonds is 5. The predicted octanol–water partition coefficient (Wildman–Crippen LogP) is 1.47. The van der Waals surface area contributed by atoms with Crippen LogP contribution < -0.4 is 5.32 Å². The predicted molar refractivity (Wildman–Crippen MR) is 61.9 cm³/mol. The van der Waals surface area contributed by atoms with Crippen molar-refractivity contribution in [3.05, 3.63) is 30.1 Å². The highest BCUT2D eigenvalue weighted by molar-refractivity contribution is 5.82. The molecule has 4 nitrogen and oxygen atoms in total. The minimum absolute atomic E-state index is 0.273. The highest BCUT2D eigenvalue weighted by Crippen LogP contribution is 2.21. The summed E-state index contributed by atoms with van der Waals surface area (Å²) in [7, 11) is 0. The van der Waals surface area contributed by atoms with Crippen molar-refractivity contribution in [3.8, 4) is 0 Å². The molecule has 1 unspecified atom stereocenters. The van der Waals surface area contributed by atoms with Crippen LogP contribution in [0.1, 0.15) is 26.3 Å². The summed E-state index contributed by atoms with van der Waals surface area (Å²) in [6, 6.07) is 3.68. The van der Waals surface area contributed by atoms with Crippen LogP contribution in [-0.2, 0) is 15.1 Å². The Balaban J connectivity index is 3.01. The standard InChI is InChI=1S/C12H18N2O2/c1-4-14-12(3,11(15)16-5-2)10-7-6-8-13-9-10/h6-9,14H,4-5H2,1-3H3. The van der Waals surface area contributed by atoms with Gasteiger partial charge in [-0.1, -0.05) is 13.0 Å². The van der Waals surface area contributed by atoms with E-state index in [1.807, 2.05) is 26.0 Å². The van der Waals surface area contributed by atoms with Crippen LogP contribution in [0.15, 0.2) is 24.5 Å². The molecular formula is C12H18N2O2. The van der Waals surface area contributed by atoms with Gasteiger partial charge in [0.2, 0.25) is 0 Å². The summed E-state index contributed by atoms with van der Waals surface area (Å²) in [5.41, 5.74) is -0.00532. The molecule has 0 aliphatic heterocycles. The molecule has 1 aromatic heterocycles. The van der Waals surface area contributed by atoms with Crippen LogP contribution in [0.2, 0.25) is 0 Å². The van der Waals surface area contributed by atoms with Gasteiger partial charge >= 0.3 is 5.97 Å². The first-order valence-electron chi connectivity index (χ1n) is 5.48. The van der Waals surface area contributed by atoms with Crippen molar-refractivity contribution in [1.29, 1.82) is 0 Å². The number of hydrogen-bond donors (Lipinski definition) is 1. The minimum atomic E-state index is -0.820. The Hall–Kier alpha value is -1.42. The molecule has 88 valence electrons. The monoisotopic (exact) mass is 222 g/mol. The number of nitrogens with one attached hydrogen (secondary N) is 1. The fourth-order valence-electron chi connectivity index (χ4n) is 1.58. The van der Waals surface area contributed by atoms with Crippen LogP contribution in [0.3, 0.4) is 0 Å². The van der Waals surface area contributed by atoms with Crippen LogP contribution in [0.5, 0.6) is 0 Å². The number of nitrogens with zero attached hydrogens (tertiary/aromatic N) is 1. The van der Waals surface area contributed by atoms with Crippen LogP contribution in [0.4, 0.5) is 0 Å². The second-order valence-corrected chi connectivity index (χ2v) is 3.62. The van der Waals surface area contributed by atoms with Crippen LogP contribution in [-0.4, -0.2) is 24.1 Å². The summed E-state index contributed by atoms with van der Waals surface area (Å²) in [6.07, 6.45) is 3.36. The van der Waals surface area contributed by atoms with Crippen molar-refractivity contribution >= 4 is 5.97 Å². The first-order valence-corrected chi connectivity index (χ1v) is 5.48. The highest BCUT2D eigenvalue weighted by atomic mass is 16.5. The normalized spacial score (nSPS) is 14.2. The molecule has 16 heavy (non-hydrogen) atoms. The molecule has 0 bridgehead atoms. The molecule has 1 heterocycles. The van der Waals surface area contributed by atoms with Gasteiger partial charge in [-0.05, 0) is 26.5 Å². The van der Waals surface area contributed by atoms with E-state index >= 15 is 0 Å². The van der Waals surface area contributed by atoms with E-state index in [1.54, 1.807) is 19.3 Å². The fourth-order valence-corrected chi connectivity index (χ4v) is 1.58. The van der Waals surface area contributed by atoms with Gasteiger partial charge in [0.05, 0.1) is 6.61 Å². The summed E-state index contributed by atoms with van der Waals surface area (Å²) in [5, 5.41) is 3.15. The molecule has 0 saturated heterocycles. The highest BCUT2D eigenvalue weighted by Gasteiger charge is 2.35. The molecule has 4 heteroatoms. The van der Waals surface area contributed by atoms with Gasteiger partial charge in [0.15, 0.2) is 0 Å². The van der Waals surface area contributed by atoms with E-state index in [0.29, 0.717) is 13.2 Å². The molecule has 0 aromatic carbocycles. The number of hydrogen-bond acceptors (Lipinski definition) is 4. The van der Waals surface area contributed by atoms with E-state index in [-0.39, 0.29) is 5.97 Å². The largest absolute Gasteiger partial charge is 0.464 e. The topological polar surface area (TPSA) is 51.2 Å². The van der Waals surface area contributed by atoms with E-state index in [9.17, 15) is 4.79 Å². The number of carbonyl (C=O) groups is 1. The van der Waals surface area contributed by atoms with Crippen molar-refractivity contribution in [2.75, 3.05) is 13.2 Å². The van der Waals surface area contributed by atoms with Crippen molar-refractivity contribution in [3.63, 3.8) is 0 Å². The summed E-state index contributed by atoms with van der Waals surface area (Å²) in [6.45, 7) is 6.62. The number of esters is 1. The Morgan fingerprint density at radius 1 is 1.56 bits per heavy atom. The molecule has 1 atom stereocenters. The van der Waals surface area contributed by atoms with E-state index < -0.39 is 5.54 Å². The van der Waals surface area contributed by atoms with E-state index in [0.717, 1.165) is 5.56 Å². The van der Waals surface area contributed by atoms with Gasteiger partial charge < -0.3 is 4.74 Å². The van der Waals surface area contributed by atoms with Crippen molar-refractivity contribution in [2.45, 2.75) is 26.3 Å². The maximum absolute atomic E-state index is 11.9. The molecular weight excluding hydrogens is 204 g/mol. The smallest absolute Gasteiger partial charge is 0.330 e. The lowest BCUT2D eigenvalue weighted by molar-refractivity contribution is -0.151. The lowest BCUT2D eigenvalue weighted by Crippen LogP contribution is -2.47. The second kappa shape index (κ2) is 5.61. The Kier molecular flexibility index (Phi) is 4.43. The molecule has 1 aromatic rings. The quantitative estimate of drug-likeness (QED) is 0.766. The van der Waals surface area contributed by atoms with Crippen molar-refractivity contribution in [2.24, 2.45) is 0 Å². The van der Waals surface area contributed by atoms with Gasteiger partial charge in [0.25, 0.3) is 0 Å². The molecule has 1 N–H and O–H groups in total. The lowest BCUT2D eigenvalue weighted by atomic mass is 9.93. The molecule has 0 radical (unpaired) electrons. The van der Waals surface area contributed by atoms with E-state index in [1.165, 1.54) is 0 Å². The number of likely N-dealkylation sites (N-methyl/N-ethyl adjacent to an activating group) is 1. The Bertz CT molecular complexity index is 340. The molecule has 0 saturated carbocycles. The van der Waals surface area contributed by atoms with Gasteiger partial charge in [-0.3, -0.25) is 10.3 Å². The summed E-state index contributed by atoms with van der Waals surface area (Å²) in [4.78, 5) is 16.0. The average molecular weight is 222 g/mol. The van der Waals surface area contributed by atoms with Crippen LogP contribution in [0, 0.1) is 0 Å². The Morgan fingerprint density at radius 3 is 2.81 bits per heavy atom. The zero-order valence-corrected chi connectivity index (χ0v) is 9.99. The fraction of sp³-hybridized carbons (Fsp3) is 0.500. The number of pyridine rings is 1. The minimum Gasteiger partial charge on any atom is -0.464 e. The molecule has 1 rings (SSSR count). The van der Waals surface area contributed by atoms with E-state index in [4.69, 9.17) is 4.74 Å². The summed E-state index contributed by atoms with van der Waals surface area (Å²) in [5.74, 6) is -0.273. The van der Waals surface area contributed by atoms with Gasteiger partial charge in [-0.25, -0.2) is 4.79 Å². The number of aromatic nitrogens is 1. The Labute approximate surface area is 96.0 Å². The molecule has 0 spiro atoms. The zero-order chi connectivity index (χ0) is 12.0.